The van der Waals surface area contributed by atoms with E-state index in [1.165, 1.54) is 5.56 Å². The largest absolute Gasteiger partial charge is 0.123 e. The van der Waals surface area contributed by atoms with E-state index in [1.54, 1.807) is 0 Å². The summed E-state index contributed by atoms with van der Waals surface area (Å²) >= 11 is 9.44. The van der Waals surface area contributed by atoms with Crippen LogP contribution in [-0.4, -0.2) is 5.38 Å². The predicted octanol–water partition coefficient (Wildman–Crippen LogP) is 4.18. The van der Waals surface area contributed by atoms with Gasteiger partial charge in [-0.2, -0.15) is 0 Å². The molecule has 0 aromatic heterocycles. The molecule has 66 valence electrons. The van der Waals surface area contributed by atoms with Crippen molar-refractivity contribution >= 4 is 27.5 Å². The Bertz CT molecular complexity index is 258. The molecule has 0 radical (unpaired) electrons. The van der Waals surface area contributed by atoms with Gasteiger partial charge in [-0.3, -0.25) is 0 Å². The van der Waals surface area contributed by atoms with Crippen LogP contribution in [0.4, 0.5) is 0 Å². The van der Waals surface area contributed by atoms with Crippen molar-refractivity contribution in [3.8, 4) is 0 Å². The SMILES string of the molecule is CC(Cl)C(C)c1cccc(Br)c1. The molecule has 1 aromatic rings. The second-order valence-electron chi connectivity index (χ2n) is 3.02. The van der Waals surface area contributed by atoms with Crippen molar-refractivity contribution in [2.75, 3.05) is 0 Å². The Balaban J connectivity index is 2.88. The molecule has 0 spiro atoms. The first-order valence-electron chi connectivity index (χ1n) is 4.01. The third-order valence-electron chi connectivity index (χ3n) is 2.06. The van der Waals surface area contributed by atoms with Gasteiger partial charge < -0.3 is 0 Å². The minimum atomic E-state index is 0.180. The Morgan fingerprint density at radius 2 is 2.00 bits per heavy atom. The first-order chi connectivity index (χ1) is 5.61. The first kappa shape index (κ1) is 10.1. The van der Waals surface area contributed by atoms with E-state index in [1.807, 2.05) is 19.1 Å². The highest BCUT2D eigenvalue weighted by Crippen LogP contribution is 2.24. The summed E-state index contributed by atoms with van der Waals surface area (Å²) < 4.78 is 1.11. The lowest BCUT2D eigenvalue weighted by Crippen LogP contribution is -2.04. The quantitative estimate of drug-likeness (QED) is 0.688. The molecule has 0 aliphatic rings. The average Bonchev–Trinajstić information content (AvgIpc) is 2.03. The lowest BCUT2D eigenvalue weighted by molar-refractivity contribution is 0.742. The Labute approximate surface area is 87.1 Å². The lowest BCUT2D eigenvalue weighted by Gasteiger charge is -2.13. The van der Waals surface area contributed by atoms with Crippen LogP contribution in [-0.2, 0) is 0 Å². The van der Waals surface area contributed by atoms with Crippen LogP contribution < -0.4 is 0 Å². The minimum Gasteiger partial charge on any atom is -0.123 e. The molecule has 0 amide bonds. The molecule has 0 nitrogen and oxygen atoms in total. The van der Waals surface area contributed by atoms with Crippen molar-refractivity contribution in [1.82, 2.24) is 0 Å². The minimum absolute atomic E-state index is 0.180. The Morgan fingerprint density at radius 1 is 1.33 bits per heavy atom. The molecule has 1 rings (SSSR count). The van der Waals surface area contributed by atoms with Gasteiger partial charge in [0.15, 0.2) is 0 Å². The maximum Gasteiger partial charge on any atom is 0.0373 e. The van der Waals surface area contributed by atoms with Crippen LogP contribution in [0.3, 0.4) is 0 Å². The van der Waals surface area contributed by atoms with Crippen molar-refractivity contribution in [3.63, 3.8) is 0 Å². The number of hydrogen-bond donors (Lipinski definition) is 0. The van der Waals surface area contributed by atoms with Gasteiger partial charge in [0.25, 0.3) is 0 Å². The Kier molecular flexibility index (Phi) is 3.60. The lowest BCUT2D eigenvalue weighted by atomic mass is 9.99. The van der Waals surface area contributed by atoms with Gasteiger partial charge in [0.05, 0.1) is 0 Å². The van der Waals surface area contributed by atoms with E-state index >= 15 is 0 Å². The smallest absolute Gasteiger partial charge is 0.0373 e. The van der Waals surface area contributed by atoms with Gasteiger partial charge >= 0.3 is 0 Å². The summed E-state index contributed by atoms with van der Waals surface area (Å²) in [4.78, 5) is 0. The zero-order chi connectivity index (χ0) is 9.14. The van der Waals surface area contributed by atoms with Crippen molar-refractivity contribution in [3.05, 3.63) is 34.3 Å². The molecule has 2 heteroatoms. The maximum atomic E-state index is 6.00. The van der Waals surface area contributed by atoms with E-state index < -0.39 is 0 Å². The van der Waals surface area contributed by atoms with Crippen LogP contribution in [0.1, 0.15) is 25.3 Å². The van der Waals surface area contributed by atoms with Crippen LogP contribution in [0.25, 0.3) is 0 Å². The van der Waals surface area contributed by atoms with Crippen LogP contribution in [0, 0.1) is 0 Å². The molecular formula is C10H12BrCl. The predicted molar refractivity (Wildman–Crippen MR) is 57.9 cm³/mol. The van der Waals surface area contributed by atoms with E-state index in [4.69, 9.17) is 11.6 Å². The number of halogens is 2. The molecule has 0 aliphatic carbocycles. The van der Waals surface area contributed by atoms with Crippen molar-refractivity contribution in [2.24, 2.45) is 0 Å². The summed E-state index contributed by atoms with van der Waals surface area (Å²) in [6.45, 7) is 4.16. The van der Waals surface area contributed by atoms with Gasteiger partial charge in [0, 0.05) is 9.85 Å². The van der Waals surface area contributed by atoms with E-state index in [-0.39, 0.29) is 5.38 Å². The van der Waals surface area contributed by atoms with Crippen LogP contribution in [0.15, 0.2) is 28.7 Å². The topological polar surface area (TPSA) is 0 Å². The second kappa shape index (κ2) is 4.29. The molecule has 0 heterocycles. The molecule has 12 heavy (non-hydrogen) atoms. The van der Waals surface area contributed by atoms with Crippen molar-refractivity contribution < 1.29 is 0 Å². The Morgan fingerprint density at radius 3 is 2.50 bits per heavy atom. The molecule has 0 saturated heterocycles. The highest BCUT2D eigenvalue weighted by molar-refractivity contribution is 9.10. The van der Waals surface area contributed by atoms with Crippen molar-refractivity contribution in [1.29, 1.82) is 0 Å². The van der Waals surface area contributed by atoms with E-state index in [0.717, 1.165) is 4.47 Å². The third kappa shape index (κ3) is 2.49. The molecule has 1 aromatic carbocycles. The van der Waals surface area contributed by atoms with Crippen LogP contribution in [0.2, 0.25) is 0 Å². The number of hydrogen-bond acceptors (Lipinski definition) is 0. The standard InChI is InChI=1S/C10H12BrCl/c1-7(8(2)12)9-4-3-5-10(11)6-9/h3-8H,1-2H3. The normalized spacial score (nSPS) is 15.7. The van der Waals surface area contributed by atoms with Gasteiger partial charge in [0.1, 0.15) is 0 Å². The number of rotatable bonds is 2. The second-order valence-corrected chi connectivity index (χ2v) is 4.63. The molecule has 0 bridgehead atoms. The first-order valence-corrected chi connectivity index (χ1v) is 5.23. The van der Waals surface area contributed by atoms with E-state index in [2.05, 4.69) is 35.0 Å². The summed E-state index contributed by atoms with van der Waals surface area (Å²) in [5, 5.41) is 0.180. The third-order valence-corrected chi connectivity index (χ3v) is 2.93. The van der Waals surface area contributed by atoms with Gasteiger partial charge in [-0.05, 0) is 30.5 Å². The molecule has 0 aliphatic heterocycles. The average molecular weight is 248 g/mol. The van der Waals surface area contributed by atoms with Crippen LogP contribution in [0.5, 0.6) is 0 Å². The summed E-state index contributed by atoms with van der Waals surface area (Å²) in [5.41, 5.74) is 1.28. The van der Waals surface area contributed by atoms with Crippen LogP contribution >= 0.6 is 27.5 Å². The monoisotopic (exact) mass is 246 g/mol. The number of alkyl halides is 1. The summed E-state index contributed by atoms with van der Waals surface area (Å²) in [6.07, 6.45) is 0. The number of benzene rings is 1. The fourth-order valence-electron chi connectivity index (χ4n) is 1.06. The molecule has 2 atom stereocenters. The van der Waals surface area contributed by atoms with Crippen molar-refractivity contribution in [2.45, 2.75) is 25.1 Å². The summed E-state index contributed by atoms with van der Waals surface area (Å²) in [5.74, 6) is 0.407. The molecule has 0 N–H and O–H groups in total. The fourth-order valence-corrected chi connectivity index (χ4v) is 1.62. The highest BCUT2D eigenvalue weighted by Gasteiger charge is 2.10. The summed E-state index contributed by atoms with van der Waals surface area (Å²) in [7, 11) is 0. The molecule has 2 unspecified atom stereocenters. The van der Waals surface area contributed by atoms with Gasteiger partial charge in [-0.1, -0.05) is 35.0 Å². The highest BCUT2D eigenvalue weighted by atomic mass is 79.9. The van der Waals surface area contributed by atoms with Gasteiger partial charge in [-0.15, -0.1) is 11.6 Å². The van der Waals surface area contributed by atoms with Gasteiger partial charge in [0.2, 0.25) is 0 Å². The van der Waals surface area contributed by atoms with E-state index in [0.29, 0.717) is 5.92 Å². The summed E-state index contributed by atoms with van der Waals surface area (Å²) in [6, 6.07) is 8.28. The van der Waals surface area contributed by atoms with E-state index in [9.17, 15) is 0 Å². The maximum absolute atomic E-state index is 6.00. The van der Waals surface area contributed by atoms with Gasteiger partial charge in [-0.25, -0.2) is 0 Å². The molecule has 0 saturated carbocycles. The Hall–Kier alpha value is -0.0100. The zero-order valence-electron chi connectivity index (χ0n) is 7.22. The molecule has 0 fully saturated rings. The fraction of sp³-hybridized carbons (Fsp3) is 0.400. The zero-order valence-corrected chi connectivity index (χ0v) is 9.56. The molecular weight excluding hydrogens is 235 g/mol.